The lowest BCUT2D eigenvalue weighted by molar-refractivity contribution is -0.421. The van der Waals surface area contributed by atoms with Crippen molar-refractivity contribution in [1.29, 1.82) is 0 Å². The summed E-state index contributed by atoms with van der Waals surface area (Å²) in [6.07, 6.45) is 1.18. The highest BCUT2D eigenvalue weighted by atomic mass is 32.1. The van der Waals surface area contributed by atoms with Gasteiger partial charge in [-0.3, -0.25) is 20.2 Å². The van der Waals surface area contributed by atoms with Crippen LogP contribution in [0.5, 0.6) is 0 Å². The predicted molar refractivity (Wildman–Crippen MR) is 74.0 cm³/mol. The number of nitrogens with one attached hydrogen (secondary N) is 2. The van der Waals surface area contributed by atoms with Gasteiger partial charge in [0.2, 0.25) is 0 Å². The van der Waals surface area contributed by atoms with E-state index in [0.717, 1.165) is 24.3 Å². The number of rotatable bonds is 8. The standard InChI is InChI=1S/C10H16N4O4S/c1-3-7-8(13(15)16)9(14(17)18)10(19-7)12-6-4-5-11-2/h11-12H,3-6H2,1-2H3. The Morgan fingerprint density at radius 3 is 2.26 bits per heavy atom. The molecule has 0 fully saturated rings. The molecule has 1 heterocycles. The van der Waals surface area contributed by atoms with Crippen LogP contribution in [0.4, 0.5) is 16.4 Å². The first-order chi connectivity index (χ1) is 9.02. The molecule has 0 radical (unpaired) electrons. The zero-order valence-electron chi connectivity index (χ0n) is 10.8. The first kappa shape index (κ1) is 15.3. The summed E-state index contributed by atoms with van der Waals surface area (Å²) < 4.78 is 0. The Labute approximate surface area is 114 Å². The molecule has 0 bridgehead atoms. The van der Waals surface area contributed by atoms with Gasteiger partial charge in [0.05, 0.1) is 14.7 Å². The second-order valence-electron chi connectivity index (χ2n) is 3.80. The molecule has 0 aromatic carbocycles. The summed E-state index contributed by atoms with van der Waals surface area (Å²) in [5, 5.41) is 28.1. The Balaban J connectivity index is 3.03. The zero-order chi connectivity index (χ0) is 14.4. The van der Waals surface area contributed by atoms with Gasteiger partial charge < -0.3 is 10.6 Å². The molecule has 0 spiro atoms. The molecule has 106 valence electrons. The molecule has 0 saturated heterocycles. The Bertz CT molecular complexity index is 474. The monoisotopic (exact) mass is 288 g/mol. The van der Waals surface area contributed by atoms with Crippen molar-refractivity contribution in [3.8, 4) is 0 Å². The van der Waals surface area contributed by atoms with Crippen LogP contribution in [0.15, 0.2) is 0 Å². The van der Waals surface area contributed by atoms with E-state index in [-0.39, 0.29) is 10.7 Å². The fraction of sp³-hybridized carbons (Fsp3) is 0.600. The summed E-state index contributed by atoms with van der Waals surface area (Å²) in [4.78, 5) is 21.0. The zero-order valence-corrected chi connectivity index (χ0v) is 11.6. The SMILES string of the molecule is CCc1sc(NCCCNC)c([N+](=O)[O-])c1[N+](=O)[O-]. The largest absolute Gasteiger partial charge is 0.380 e. The first-order valence-corrected chi connectivity index (χ1v) is 6.67. The third-order valence-electron chi connectivity index (χ3n) is 2.50. The summed E-state index contributed by atoms with van der Waals surface area (Å²) in [5.74, 6) is 0. The van der Waals surface area contributed by atoms with Crippen molar-refractivity contribution in [2.24, 2.45) is 0 Å². The smallest absolute Gasteiger partial charge is 0.371 e. The molecule has 0 aliphatic rings. The van der Waals surface area contributed by atoms with Crippen molar-refractivity contribution in [3.05, 3.63) is 25.1 Å². The number of anilines is 1. The van der Waals surface area contributed by atoms with Crippen LogP contribution in [0, 0.1) is 20.2 Å². The molecule has 1 rings (SSSR count). The van der Waals surface area contributed by atoms with E-state index in [1.54, 1.807) is 6.92 Å². The van der Waals surface area contributed by atoms with Crippen LogP contribution < -0.4 is 10.6 Å². The van der Waals surface area contributed by atoms with Crippen molar-refractivity contribution >= 4 is 27.7 Å². The van der Waals surface area contributed by atoms with Crippen LogP contribution in [-0.2, 0) is 6.42 Å². The molecule has 0 amide bonds. The number of aryl methyl sites for hydroxylation is 1. The quantitative estimate of drug-likeness (QED) is 0.431. The van der Waals surface area contributed by atoms with Gasteiger partial charge in [-0.05, 0) is 26.4 Å². The number of hydrogen-bond donors (Lipinski definition) is 2. The predicted octanol–water partition coefficient (Wildman–Crippen LogP) is 2.15. The Morgan fingerprint density at radius 2 is 1.79 bits per heavy atom. The lowest BCUT2D eigenvalue weighted by Crippen LogP contribution is -2.12. The fourth-order valence-electron chi connectivity index (χ4n) is 1.64. The van der Waals surface area contributed by atoms with Gasteiger partial charge in [-0.15, -0.1) is 11.3 Å². The average molecular weight is 288 g/mol. The van der Waals surface area contributed by atoms with Gasteiger partial charge in [-0.2, -0.15) is 0 Å². The molecule has 9 heteroatoms. The molecule has 2 N–H and O–H groups in total. The van der Waals surface area contributed by atoms with Gasteiger partial charge in [0.15, 0.2) is 5.00 Å². The van der Waals surface area contributed by atoms with Crippen LogP contribution >= 0.6 is 11.3 Å². The summed E-state index contributed by atoms with van der Waals surface area (Å²) in [6, 6.07) is 0. The molecule has 0 atom stereocenters. The molecule has 0 unspecified atom stereocenters. The maximum absolute atomic E-state index is 11.0. The highest BCUT2D eigenvalue weighted by molar-refractivity contribution is 7.17. The number of hydrogen-bond acceptors (Lipinski definition) is 7. The van der Waals surface area contributed by atoms with Crippen LogP contribution in [0.1, 0.15) is 18.2 Å². The van der Waals surface area contributed by atoms with Gasteiger partial charge in [0.25, 0.3) is 0 Å². The van der Waals surface area contributed by atoms with E-state index in [1.807, 2.05) is 7.05 Å². The third-order valence-corrected chi connectivity index (χ3v) is 3.77. The van der Waals surface area contributed by atoms with Crippen molar-refractivity contribution in [1.82, 2.24) is 5.32 Å². The van der Waals surface area contributed by atoms with E-state index < -0.39 is 15.5 Å². The minimum atomic E-state index is -0.686. The van der Waals surface area contributed by atoms with Gasteiger partial charge >= 0.3 is 11.4 Å². The van der Waals surface area contributed by atoms with Crippen molar-refractivity contribution in [2.75, 3.05) is 25.5 Å². The van der Waals surface area contributed by atoms with E-state index in [0.29, 0.717) is 17.8 Å². The van der Waals surface area contributed by atoms with Gasteiger partial charge in [-0.25, -0.2) is 0 Å². The van der Waals surface area contributed by atoms with Crippen molar-refractivity contribution in [3.63, 3.8) is 0 Å². The van der Waals surface area contributed by atoms with Crippen LogP contribution in [0.3, 0.4) is 0 Å². The molecule has 1 aromatic heterocycles. The maximum Gasteiger partial charge on any atom is 0.380 e. The molecule has 0 aliphatic heterocycles. The van der Waals surface area contributed by atoms with Crippen molar-refractivity contribution in [2.45, 2.75) is 19.8 Å². The second-order valence-corrected chi connectivity index (χ2v) is 4.91. The third kappa shape index (κ3) is 3.61. The van der Waals surface area contributed by atoms with E-state index >= 15 is 0 Å². The molecular formula is C10H16N4O4S. The van der Waals surface area contributed by atoms with Crippen LogP contribution in [0.25, 0.3) is 0 Å². The highest BCUT2D eigenvalue weighted by Gasteiger charge is 2.35. The Hall–Kier alpha value is -1.74. The lowest BCUT2D eigenvalue weighted by atomic mass is 10.3. The number of nitro groups is 2. The van der Waals surface area contributed by atoms with E-state index in [4.69, 9.17) is 0 Å². The summed E-state index contributed by atoms with van der Waals surface area (Å²) in [6.45, 7) is 3.05. The molecular weight excluding hydrogens is 272 g/mol. The Morgan fingerprint density at radius 1 is 1.16 bits per heavy atom. The topological polar surface area (TPSA) is 110 Å². The van der Waals surface area contributed by atoms with E-state index in [1.165, 1.54) is 0 Å². The van der Waals surface area contributed by atoms with E-state index in [2.05, 4.69) is 10.6 Å². The second kappa shape index (κ2) is 7.00. The lowest BCUT2D eigenvalue weighted by Gasteiger charge is -2.02. The minimum absolute atomic E-state index is 0.268. The van der Waals surface area contributed by atoms with Crippen molar-refractivity contribution < 1.29 is 9.85 Å². The normalized spacial score (nSPS) is 10.4. The first-order valence-electron chi connectivity index (χ1n) is 5.85. The van der Waals surface area contributed by atoms with Gasteiger partial charge in [-0.1, -0.05) is 6.92 Å². The molecule has 1 aromatic rings. The Kier molecular flexibility index (Phi) is 5.64. The minimum Gasteiger partial charge on any atom is -0.371 e. The van der Waals surface area contributed by atoms with Gasteiger partial charge in [0, 0.05) is 6.54 Å². The average Bonchev–Trinajstić information content (AvgIpc) is 2.73. The molecule has 0 saturated carbocycles. The maximum atomic E-state index is 11.0. The highest BCUT2D eigenvalue weighted by Crippen LogP contribution is 2.45. The molecule has 8 nitrogen and oxygen atoms in total. The van der Waals surface area contributed by atoms with Gasteiger partial charge in [0.1, 0.15) is 0 Å². The van der Waals surface area contributed by atoms with Crippen LogP contribution in [-0.4, -0.2) is 30.0 Å². The van der Waals surface area contributed by atoms with Crippen LogP contribution in [0.2, 0.25) is 0 Å². The van der Waals surface area contributed by atoms with E-state index in [9.17, 15) is 20.2 Å². The molecule has 0 aliphatic carbocycles. The molecule has 19 heavy (non-hydrogen) atoms. The number of thiophene rings is 1. The summed E-state index contributed by atoms with van der Waals surface area (Å²) >= 11 is 1.09. The number of nitrogens with zero attached hydrogens (tertiary/aromatic N) is 2. The summed E-state index contributed by atoms with van der Waals surface area (Å²) in [5.41, 5.74) is -0.801. The fourth-order valence-corrected chi connectivity index (χ4v) is 2.74. The summed E-state index contributed by atoms with van der Waals surface area (Å²) in [7, 11) is 1.81.